The summed E-state index contributed by atoms with van der Waals surface area (Å²) >= 11 is 0. The molecule has 0 saturated heterocycles. The molecule has 19 heavy (non-hydrogen) atoms. The first kappa shape index (κ1) is 13.4. The van der Waals surface area contributed by atoms with E-state index in [-0.39, 0.29) is 0 Å². The zero-order valence-electron chi connectivity index (χ0n) is 11.1. The van der Waals surface area contributed by atoms with Crippen LogP contribution in [0.1, 0.15) is 11.1 Å². The Bertz CT molecular complexity index is 489. The lowest BCUT2D eigenvalue weighted by Crippen LogP contribution is -2.03. The third-order valence-corrected chi connectivity index (χ3v) is 2.91. The van der Waals surface area contributed by atoms with Crippen LogP contribution in [-0.4, -0.2) is 13.7 Å². The molecule has 0 spiro atoms. The van der Waals surface area contributed by atoms with Gasteiger partial charge in [0.25, 0.3) is 0 Å². The molecule has 0 fully saturated rings. The van der Waals surface area contributed by atoms with Gasteiger partial charge in [-0.25, -0.2) is 0 Å². The first-order chi connectivity index (χ1) is 9.31. The van der Waals surface area contributed by atoms with Crippen molar-refractivity contribution >= 4 is 0 Å². The number of ether oxygens (including phenoxy) is 2. The molecule has 0 radical (unpaired) electrons. The van der Waals surface area contributed by atoms with Gasteiger partial charge in [0.1, 0.15) is 11.5 Å². The number of hydrogen-bond donors (Lipinski definition) is 1. The SMILES string of the molecule is COc1cc(CN)cc(OCCc2ccccc2)c1. The van der Waals surface area contributed by atoms with E-state index in [0.717, 1.165) is 23.5 Å². The van der Waals surface area contributed by atoms with Crippen molar-refractivity contribution < 1.29 is 9.47 Å². The van der Waals surface area contributed by atoms with Gasteiger partial charge in [0.2, 0.25) is 0 Å². The van der Waals surface area contributed by atoms with Gasteiger partial charge in [-0.3, -0.25) is 0 Å². The molecule has 3 heteroatoms. The van der Waals surface area contributed by atoms with Gasteiger partial charge < -0.3 is 15.2 Å². The fourth-order valence-corrected chi connectivity index (χ4v) is 1.88. The Balaban J connectivity index is 1.95. The third-order valence-electron chi connectivity index (χ3n) is 2.91. The van der Waals surface area contributed by atoms with Crippen LogP contribution in [0.2, 0.25) is 0 Å². The Morgan fingerprint density at radius 2 is 1.68 bits per heavy atom. The van der Waals surface area contributed by atoms with Crippen molar-refractivity contribution in [2.24, 2.45) is 5.73 Å². The van der Waals surface area contributed by atoms with Crippen LogP contribution in [0.4, 0.5) is 0 Å². The van der Waals surface area contributed by atoms with Crippen LogP contribution in [0.3, 0.4) is 0 Å². The maximum atomic E-state index is 5.76. The summed E-state index contributed by atoms with van der Waals surface area (Å²) in [6.07, 6.45) is 0.885. The van der Waals surface area contributed by atoms with Crippen molar-refractivity contribution in [3.63, 3.8) is 0 Å². The lowest BCUT2D eigenvalue weighted by Gasteiger charge is -2.10. The highest BCUT2D eigenvalue weighted by molar-refractivity contribution is 5.38. The molecule has 2 aromatic rings. The second-order valence-electron chi connectivity index (χ2n) is 4.30. The minimum Gasteiger partial charge on any atom is -0.497 e. The molecule has 2 aromatic carbocycles. The van der Waals surface area contributed by atoms with Gasteiger partial charge in [-0.05, 0) is 23.3 Å². The molecule has 0 aliphatic heterocycles. The number of benzene rings is 2. The summed E-state index contributed by atoms with van der Waals surface area (Å²) in [5.41, 5.74) is 7.93. The number of methoxy groups -OCH3 is 1. The van der Waals surface area contributed by atoms with E-state index in [0.29, 0.717) is 13.2 Å². The minimum atomic E-state index is 0.478. The first-order valence-electron chi connectivity index (χ1n) is 6.36. The molecule has 0 heterocycles. The van der Waals surface area contributed by atoms with Crippen LogP contribution in [0.25, 0.3) is 0 Å². The van der Waals surface area contributed by atoms with Crippen LogP contribution in [-0.2, 0) is 13.0 Å². The topological polar surface area (TPSA) is 44.5 Å². The number of hydrogen-bond acceptors (Lipinski definition) is 3. The van der Waals surface area contributed by atoms with Crippen molar-refractivity contribution in [1.82, 2.24) is 0 Å². The Hall–Kier alpha value is -2.00. The van der Waals surface area contributed by atoms with Crippen molar-refractivity contribution in [2.45, 2.75) is 13.0 Å². The van der Waals surface area contributed by atoms with Gasteiger partial charge in [0, 0.05) is 19.0 Å². The predicted molar refractivity (Wildman–Crippen MR) is 76.5 cm³/mol. The molecule has 3 nitrogen and oxygen atoms in total. The Morgan fingerprint density at radius 1 is 0.947 bits per heavy atom. The largest absolute Gasteiger partial charge is 0.497 e. The molecule has 0 atom stereocenters. The van der Waals surface area contributed by atoms with Gasteiger partial charge in [0.05, 0.1) is 13.7 Å². The maximum Gasteiger partial charge on any atom is 0.123 e. The molecule has 2 rings (SSSR count). The summed E-state index contributed by atoms with van der Waals surface area (Å²) < 4.78 is 11.0. The van der Waals surface area contributed by atoms with Crippen molar-refractivity contribution in [3.8, 4) is 11.5 Å². The van der Waals surface area contributed by atoms with Gasteiger partial charge in [-0.1, -0.05) is 30.3 Å². The minimum absolute atomic E-state index is 0.478. The zero-order valence-corrected chi connectivity index (χ0v) is 11.1. The summed E-state index contributed by atoms with van der Waals surface area (Å²) in [5.74, 6) is 1.58. The molecule has 2 N–H and O–H groups in total. The van der Waals surface area contributed by atoms with Crippen molar-refractivity contribution in [2.75, 3.05) is 13.7 Å². The van der Waals surface area contributed by atoms with E-state index in [9.17, 15) is 0 Å². The molecule has 100 valence electrons. The number of nitrogens with two attached hydrogens (primary N) is 1. The van der Waals surface area contributed by atoms with E-state index < -0.39 is 0 Å². The first-order valence-corrected chi connectivity index (χ1v) is 6.36. The number of rotatable bonds is 6. The van der Waals surface area contributed by atoms with Crippen LogP contribution in [0, 0.1) is 0 Å². The molecule has 0 saturated carbocycles. The lowest BCUT2D eigenvalue weighted by molar-refractivity contribution is 0.318. The fraction of sp³-hybridized carbons (Fsp3) is 0.250. The van der Waals surface area contributed by atoms with Gasteiger partial charge >= 0.3 is 0 Å². The maximum absolute atomic E-state index is 5.76. The van der Waals surface area contributed by atoms with E-state index in [1.165, 1.54) is 5.56 Å². The average Bonchev–Trinajstić information content (AvgIpc) is 2.48. The van der Waals surface area contributed by atoms with Gasteiger partial charge in [0.15, 0.2) is 0 Å². The highest BCUT2D eigenvalue weighted by Crippen LogP contribution is 2.22. The van der Waals surface area contributed by atoms with E-state index in [2.05, 4.69) is 12.1 Å². The van der Waals surface area contributed by atoms with Crippen molar-refractivity contribution in [3.05, 3.63) is 59.7 Å². The normalized spacial score (nSPS) is 10.2. The smallest absolute Gasteiger partial charge is 0.123 e. The van der Waals surface area contributed by atoms with E-state index in [1.807, 2.05) is 36.4 Å². The standard InChI is InChI=1S/C16H19NO2/c1-18-15-9-14(12-17)10-16(11-15)19-8-7-13-5-3-2-4-6-13/h2-6,9-11H,7-8,12,17H2,1H3. The highest BCUT2D eigenvalue weighted by atomic mass is 16.5. The van der Waals surface area contributed by atoms with E-state index in [4.69, 9.17) is 15.2 Å². The van der Waals surface area contributed by atoms with Crippen molar-refractivity contribution in [1.29, 1.82) is 0 Å². The lowest BCUT2D eigenvalue weighted by atomic mass is 10.2. The van der Waals surface area contributed by atoms with E-state index >= 15 is 0 Å². The monoisotopic (exact) mass is 257 g/mol. The van der Waals surface area contributed by atoms with Crippen LogP contribution in [0.5, 0.6) is 11.5 Å². The second kappa shape index (κ2) is 6.81. The van der Waals surface area contributed by atoms with Crippen LogP contribution < -0.4 is 15.2 Å². The summed E-state index contributed by atoms with van der Waals surface area (Å²) in [6, 6.07) is 16.0. The molecule has 0 aliphatic rings. The molecule has 0 aromatic heterocycles. The second-order valence-corrected chi connectivity index (χ2v) is 4.30. The van der Waals surface area contributed by atoms with Gasteiger partial charge in [-0.15, -0.1) is 0 Å². The molecular weight excluding hydrogens is 238 g/mol. The third kappa shape index (κ3) is 4.00. The van der Waals surface area contributed by atoms with Gasteiger partial charge in [-0.2, -0.15) is 0 Å². The molecule has 0 bridgehead atoms. The molecule has 0 aliphatic carbocycles. The van der Waals surface area contributed by atoms with Crippen LogP contribution in [0.15, 0.2) is 48.5 Å². The van der Waals surface area contributed by atoms with E-state index in [1.54, 1.807) is 7.11 Å². The molecule has 0 unspecified atom stereocenters. The van der Waals surface area contributed by atoms with Crippen LogP contribution >= 0.6 is 0 Å². The summed E-state index contributed by atoms with van der Waals surface area (Å²) in [5, 5.41) is 0. The Morgan fingerprint density at radius 3 is 2.37 bits per heavy atom. The molecular formula is C16H19NO2. The quantitative estimate of drug-likeness (QED) is 0.865. The summed E-state index contributed by atoms with van der Waals surface area (Å²) in [4.78, 5) is 0. The summed E-state index contributed by atoms with van der Waals surface area (Å²) in [6.45, 7) is 1.12. The average molecular weight is 257 g/mol. The Labute approximate surface area is 114 Å². The Kier molecular flexibility index (Phi) is 4.81. The predicted octanol–water partition coefficient (Wildman–Crippen LogP) is 2.78. The zero-order chi connectivity index (χ0) is 13.5. The highest BCUT2D eigenvalue weighted by Gasteiger charge is 2.02. The molecule has 0 amide bonds. The fourth-order valence-electron chi connectivity index (χ4n) is 1.88. The summed E-state index contributed by atoms with van der Waals surface area (Å²) in [7, 11) is 1.64.